The fourth-order valence-electron chi connectivity index (χ4n) is 2.30. The normalized spacial score (nSPS) is 13.8. The molecule has 1 rings (SSSR count). The van der Waals surface area contributed by atoms with Crippen molar-refractivity contribution in [1.82, 2.24) is 0 Å². The summed E-state index contributed by atoms with van der Waals surface area (Å²) >= 11 is 0. The molecule has 0 saturated carbocycles. The van der Waals surface area contributed by atoms with Gasteiger partial charge >= 0.3 is 0 Å². The second-order valence-corrected chi connectivity index (χ2v) is 6.49. The Labute approximate surface area is 138 Å². The molecule has 0 saturated heterocycles. The molecule has 2 atom stereocenters. The molecule has 0 aromatic heterocycles. The second-order valence-electron chi connectivity index (χ2n) is 6.49. The smallest absolute Gasteiger partial charge is 0.273 e. The van der Waals surface area contributed by atoms with E-state index in [1.165, 1.54) is 25.0 Å². The van der Waals surface area contributed by atoms with Gasteiger partial charge in [-0.3, -0.25) is 10.1 Å². The number of hydrogen-bond acceptors (Lipinski definition) is 4. The molecule has 1 aromatic rings. The summed E-state index contributed by atoms with van der Waals surface area (Å²) in [7, 11) is 0. The van der Waals surface area contributed by atoms with Gasteiger partial charge in [0.25, 0.3) is 5.69 Å². The molecular formula is C17H29N2O4+. The third kappa shape index (κ3) is 8.52. The predicted molar refractivity (Wildman–Crippen MR) is 89.5 cm³/mol. The minimum absolute atomic E-state index is 0.0117. The highest BCUT2D eigenvalue weighted by molar-refractivity contribution is 5.37. The van der Waals surface area contributed by atoms with Crippen LogP contribution in [0.2, 0.25) is 0 Å². The second kappa shape index (κ2) is 10.2. The van der Waals surface area contributed by atoms with E-state index in [2.05, 4.69) is 26.1 Å². The molecule has 0 fully saturated rings. The molecule has 0 heterocycles. The quantitative estimate of drug-likeness (QED) is 0.482. The largest absolute Gasteiger partial charge is 0.490 e. The summed E-state index contributed by atoms with van der Waals surface area (Å²) in [6.45, 7) is 7.31. The fourth-order valence-corrected chi connectivity index (χ4v) is 2.30. The zero-order valence-corrected chi connectivity index (χ0v) is 14.3. The van der Waals surface area contributed by atoms with Crippen LogP contribution < -0.4 is 10.1 Å². The molecule has 23 heavy (non-hydrogen) atoms. The Balaban J connectivity index is 2.25. The van der Waals surface area contributed by atoms with E-state index in [1.54, 1.807) is 12.1 Å². The molecule has 3 N–H and O–H groups in total. The van der Waals surface area contributed by atoms with Crippen LogP contribution in [0.15, 0.2) is 24.3 Å². The highest BCUT2D eigenvalue weighted by Gasteiger charge is 2.12. The number of benzene rings is 1. The molecule has 6 heteroatoms. The van der Waals surface area contributed by atoms with Crippen molar-refractivity contribution in [2.75, 3.05) is 13.2 Å². The van der Waals surface area contributed by atoms with Crippen LogP contribution in [0.1, 0.15) is 40.0 Å². The summed E-state index contributed by atoms with van der Waals surface area (Å²) in [6, 6.07) is 6.47. The van der Waals surface area contributed by atoms with E-state index in [9.17, 15) is 15.2 Å². The number of ether oxygens (including phenoxy) is 1. The summed E-state index contributed by atoms with van der Waals surface area (Å²) in [5.41, 5.74) is -0.0117. The molecule has 0 unspecified atom stereocenters. The van der Waals surface area contributed by atoms with Gasteiger partial charge in [-0.2, -0.15) is 0 Å². The van der Waals surface area contributed by atoms with Gasteiger partial charge in [0.05, 0.1) is 17.0 Å². The van der Waals surface area contributed by atoms with Gasteiger partial charge < -0.3 is 15.2 Å². The van der Waals surface area contributed by atoms with Crippen LogP contribution >= 0.6 is 0 Å². The minimum Gasteiger partial charge on any atom is -0.490 e. The van der Waals surface area contributed by atoms with Crippen LogP contribution in [0.5, 0.6) is 5.75 Å². The number of nitro groups is 1. The first-order chi connectivity index (χ1) is 10.9. The van der Waals surface area contributed by atoms with Crippen LogP contribution in [0, 0.1) is 16.0 Å². The maximum Gasteiger partial charge on any atom is 0.273 e. The zero-order chi connectivity index (χ0) is 17.2. The Morgan fingerprint density at radius 3 is 2.70 bits per heavy atom. The number of aliphatic hydroxyl groups excluding tert-OH is 1. The standard InChI is InChI=1S/C17H28N2O4/c1-13(2)6-4-7-14(3)18-11-16(20)12-23-17-9-5-8-15(10-17)19(21)22/h5,8-10,13-14,16,18,20H,4,6-7,11-12H2,1-3H3/p+1/t14-,16-/m1/s1. The van der Waals surface area contributed by atoms with Gasteiger partial charge in [0.2, 0.25) is 0 Å². The SMILES string of the molecule is CC(C)CCC[C@@H](C)[NH2+]C[C@@H](O)COc1cccc([N+](=O)[O-])c1. The Morgan fingerprint density at radius 2 is 2.04 bits per heavy atom. The van der Waals surface area contributed by atoms with Crippen molar-refractivity contribution < 1.29 is 20.1 Å². The maximum absolute atomic E-state index is 10.7. The molecule has 0 spiro atoms. The van der Waals surface area contributed by atoms with Crippen LogP contribution in [-0.2, 0) is 0 Å². The van der Waals surface area contributed by atoms with E-state index >= 15 is 0 Å². The third-order valence-corrected chi connectivity index (χ3v) is 3.72. The average molecular weight is 325 g/mol. The van der Waals surface area contributed by atoms with E-state index in [0.29, 0.717) is 18.3 Å². The van der Waals surface area contributed by atoms with Crippen molar-refractivity contribution in [3.8, 4) is 5.75 Å². The topological polar surface area (TPSA) is 89.2 Å². The summed E-state index contributed by atoms with van der Waals surface area (Å²) in [5.74, 6) is 1.14. The van der Waals surface area contributed by atoms with Crippen molar-refractivity contribution in [3.05, 3.63) is 34.4 Å². The van der Waals surface area contributed by atoms with Gasteiger partial charge in [-0.15, -0.1) is 0 Å². The first kappa shape index (κ1) is 19.4. The van der Waals surface area contributed by atoms with Gasteiger partial charge in [0.15, 0.2) is 0 Å². The van der Waals surface area contributed by atoms with E-state index in [0.717, 1.165) is 12.3 Å². The zero-order valence-electron chi connectivity index (χ0n) is 14.3. The van der Waals surface area contributed by atoms with E-state index < -0.39 is 11.0 Å². The first-order valence-electron chi connectivity index (χ1n) is 8.27. The molecule has 0 aliphatic rings. The Bertz CT molecular complexity index is 479. The summed E-state index contributed by atoms with van der Waals surface area (Å²) in [5, 5.41) is 22.8. The molecule has 0 aliphatic carbocycles. The van der Waals surface area contributed by atoms with Crippen LogP contribution in [-0.4, -0.2) is 35.3 Å². The van der Waals surface area contributed by atoms with Gasteiger partial charge in [-0.1, -0.05) is 26.3 Å². The van der Waals surface area contributed by atoms with Gasteiger partial charge in [-0.25, -0.2) is 0 Å². The van der Waals surface area contributed by atoms with Crippen molar-refractivity contribution in [2.24, 2.45) is 5.92 Å². The highest BCUT2D eigenvalue weighted by atomic mass is 16.6. The third-order valence-electron chi connectivity index (χ3n) is 3.72. The highest BCUT2D eigenvalue weighted by Crippen LogP contribution is 2.19. The first-order valence-corrected chi connectivity index (χ1v) is 8.27. The van der Waals surface area contributed by atoms with E-state index in [4.69, 9.17) is 4.74 Å². The molecule has 1 aromatic carbocycles. The van der Waals surface area contributed by atoms with Crippen molar-refractivity contribution in [3.63, 3.8) is 0 Å². The average Bonchev–Trinajstić information content (AvgIpc) is 2.50. The maximum atomic E-state index is 10.7. The number of non-ortho nitro benzene ring substituents is 1. The molecule has 0 bridgehead atoms. The number of hydrogen-bond donors (Lipinski definition) is 2. The molecule has 0 aliphatic heterocycles. The van der Waals surface area contributed by atoms with Crippen LogP contribution in [0.25, 0.3) is 0 Å². The lowest BCUT2D eigenvalue weighted by molar-refractivity contribution is -0.692. The van der Waals surface area contributed by atoms with Gasteiger partial charge in [-0.05, 0) is 31.7 Å². The Kier molecular flexibility index (Phi) is 8.58. The van der Waals surface area contributed by atoms with Crippen molar-refractivity contribution in [2.45, 2.75) is 52.2 Å². The fraction of sp³-hybridized carbons (Fsp3) is 0.647. The molecular weight excluding hydrogens is 296 g/mol. The Morgan fingerprint density at radius 1 is 1.30 bits per heavy atom. The van der Waals surface area contributed by atoms with Crippen molar-refractivity contribution in [1.29, 1.82) is 0 Å². The van der Waals surface area contributed by atoms with Crippen LogP contribution in [0.3, 0.4) is 0 Å². The number of aliphatic hydroxyl groups is 1. The summed E-state index contributed by atoms with van der Waals surface area (Å²) in [4.78, 5) is 10.2. The van der Waals surface area contributed by atoms with E-state index in [1.807, 2.05) is 0 Å². The number of nitrogens with zero attached hydrogens (tertiary/aromatic N) is 1. The monoisotopic (exact) mass is 325 g/mol. The number of nitro benzene ring substituents is 1. The molecule has 130 valence electrons. The molecule has 0 radical (unpaired) electrons. The molecule has 0 amide bonds. The van der Waals surface area contributed by atoms with Crippen molar-refractivity contribution >= 4 is 5.69 Å². The van der Waals surface area contributed by atoms with Gasteiger partial charge in [0, 0.05) is 6.07 Å². The van der Waals surface area contributed by atoms with Crippen LogP contribution in [0.4, 0.5) is 5.69 Å². The minimum atomic E-state index is -0.596. The van der Waals surface area contributed by atoms with E-state index in [-0.39, 0.29) is 12.3 Å². The van der Waals surface area contributed by atoms with Gasteiger partial charge in [0.1, 0.15) is 25.0 Å². The molecule has 6 nitrogen and oxygen atoms in total. The summed E-state index contributed by atoms with van der Waals surface area (Å²) < 4.78 is 5.43. The Hall–Kier alpha value is -1.66. The summed E-state index contributed by atoms with van der Waals surface area (Å²) in [6.07, 6.45) is 2.98. The lowest BCUT2D eigenvalue weighted by Gasteiger charge is -2.15. The number of quaternary nitrogens is 1. The number of rotatable bonds is 11. The number of nitrogens with two attached hydrogens (primary N) is 1. The predicted octanol–water partition coefficient (Wildman–Crippen LogP) is 2.11. The lowest BCUT2D eigenvalue weighted by atomic mass is 10.0. The lowest BCUT2D eigenvalue weighted by Crippen LogP contribution is -2.91.